The Bertz CT molecular complexity index is 546. The fraction of sp³-hybridized carbons (Fsp3) is 0.375. The third-order valence-electron chi connectivity index (χ3n) is 2.73. The van der Waals surface area contributed by atoms with E-state index in [-0.39, 0.29) is 18.8 Å². The third kappa shape index (κ3) is 4.95. The van der Waals surface area contributed by atoms with Crippen molar-refractivity contribution in [2.45, 2.75) is 20.3 Å². The van der Waals surface area contributed by atoms with Crippen LogP contribution >= 0.6 is 0 Å². The van der Waals surface area contributed by atoms with Crippen LogP contribution in [0.5, 0.6) is 11.5 Å². The molecule has 0 aliphatic carbocycles. The third-order valence-corrected chi connectivity index (χ3v) is 2.73. The van der Waals surface area contributed by atoms with Crippen LogP contribution < -0.4 is 9.47 Å². The van der Waals surface area contributed by atoms with Crippen LogP contribution in [0, 0.1) is 0 Å². The van der Waals surface area contributed by atoms with Gasteiger partial charge in [-0.15, -0.1) is 0 Å². The minimum Gasteiger partial charge on any atom is -0.493 e. The van der Waals surface area contributed by atoms with Crippen molar-refractivity contribution in [2.75, 3.05) is 20.8 Å². The highest BCUT2D eigenvalue weighted by atomic mass is 16.5. The molecule has 114 valence electrons. The molecule has 0 radical (unpaired) electrons. The van der Waals surface area contributed by atoms with Crippen LogP contribution in [-0.4, -0.2) is 32.6 Å². The van der Waals surface area contributed by atoms with Gasteiger partial charge in [-0.3, -0.25) is 4.79 Å². The summed E-state index contributed by atoms with van der Waals surface area (Å²) in [6.45, 7) is 3.42. The smallest absolute Gasteiger partial charge is 0.334 e. The van der Waals surface area contributed by atoms with Crippen molar-refractivity contribution in [1.29, 1.82) is 0 Å². The molecule has 0 heterocycles. The Morgan fingerprint density at radius 1 is 1.14 bits per heavy atom. The zero-order chi connectivity index (χ0) is 15.8. The molecule has 0 saturated heterocycles. The first-order valence-corrected chi connectivity index (χ1v) is 6.61. The Labute approximate surface area is 124 Å². The van der Waals surface area contributed by atoms with Crippen molar-refractivity contribution in [3.8, 4) is 11.5 Å². The van der Waals surface area contributed by atoms with Gasteiger partial charge in [-0.25, -0.2) is 4.79 Å². The SMILES string of the molecule is CCOC(=O)C(=Cc1ccc(OC)c(OC)c1)CC(C)=O. The minimum absolute atomic E-state index is 0.0349. The maximum atomic E-state index is 11.9. The number of carbonyl (C=O) groups excluding carboxylic acids is 2. The Kier molecular flexibility index (Phi) is 6.46. The van der Waals surface area contributed by atoms with Gasteiger partial charge in [0.1, 0.15) is 5.78 Å². The number of carbonyl (C=O) groups is 2. The monoisotopic (exact) mass is 292 g/mol. The van der Waals surface area contributed by atoms with Crippen LogP contribution in [0.15, 0.2) is 23.8 Å². The summed E-state index contributed by atoms with van der Waals surface area (Å²) >= 11 is 0. The van der Waals surface area contributed by atoms with E-state index in [1.807, 2.05) is 0 Å². The lowest BCUT2D eigenvalue weighted by Gasteiger charge is -2.09. The Hall–Kier alpha value is -2.30. The molecule has 1 aromatic rings. The minimum atomic E-state index is -0.484. The van der Waals surface area contributed by atoms with Crippen LogP contribution in [0.3, 0.4) is 0 Å². The Morgan fingerprint density at radius 2 is 1.81 bits per heavy atom. The second-order valence-electron chi connectivity index (χ2n) is 4.38. The lowest BCUT2D eigenvalue weighted by molar-refractivity contribution is -0.139. The molecule has 0 atom stereocenters. The van der Waals surface area contributed by atoms with Crippen molar-refractivity contribution >= 4 is 17.8 Å². The van der Waals surface area contributed by atoms with Gasteiger partial charge in [0.25, 0.3) is 0 Å². The zero-order valence-corrected chi connectivity index (χ0v) is 12.8. The van der Waals surface area contributed by atoms with E-state index in [0.29, 0.717) is 17.1 Å². The second kappa shape index (κ2) is 8.09. The van der Waals surface area contributed by atoms with Gasteiger partial charge in [-0.2, -0.15) is 0 Å². The summed E-state index contributed by atoms with van der Waals surface area (Å²) in [5.74, 6) is 0.563. The van der Waals surface area contributed by atoms with Crippen LogP contribution in [0.4, 0.5) is 0 Å². The van der Waals surface area contributed by atoms with Gasteiger partial charge in [0, 0.05) is 12.0 Å². The first-order chi connectivity index (χ1) is 10.0. The summed E-state index contributed by atoms with van der Waals surface area (Å²) in [7, 11) is 3.08. The fourth-order valence-electron chi connectivity index (χ4n) is 1.82. The average molecular weight is 292 g/mol. The lowest BCUT2D eigenvalue weighted by atomic mass is 10.1. The highest BCUT2D eigenvalue weighted by molar-refractivity contribution is 5.99. The van der Waals surface area contributed by atoms with E-state index in [1.54, 1.807) is 38.3 Å². The molecule has 1 rings (SSSR count). The van der Waals surface area contributed by atoms with Crippen LogP contribution in [0.25, 0.3) is 6.08 Å². The first-order valence-electron chi connectivity index (χ1n) is 6.61. The number of methoxy groups -OCH3 is 2. The van der Waals surface area contributed by atoms with Crippen molar-refractivity contribution in [3.05, 3.63) is 29.3 Å². The van der Waals surface area contributed by atoms with E-state index in [4.69, 9.17) is 14.2 Å². The van der Waals surface area contributed by atoms with E-state index in [0.717, 1.165) is 5.56 Å². The predicted molar refractivity (Wildman–Crippen MR) is 79.5 cm³/mol. The summed E-state index contributed by atoms with van der Waals surface area (Å²) in [6.07, 6.45) is 1.66. The quantitative estimate of drug-likeness (QED) is 0.571. The number of ketones is 1. The summed E-state index contributed by atoms with van der Waals surface area (Å²) < 4.78 is 15.3. The van der Waals surface area contributed by atoms with E-state index in [2.05, 4.69) is 0 Å². The molecule has 0 unspecified atom stereocenters. The molecular weight excluding hydrogens is 272 g/mol. The molecular formula is C16H20O5. The van der Waals surface area contributed by atoms with Crippen molar-refractivity contribution in [3.63, 3.8) is 0 Å². The number of benzene rings is 1. The predicted octanol–water partition coefficient (Wildman–Crippen LogP) is 2.63. The summed E-state index contributed by atoms with van der Waals surface area (Å²) in [4.78, 5) is 23.1. The summed E-state index contributed by atoms with van der Waals surface area (Å²) in [5, 5.41) is 0. The van der Waals surface area contributed by atoms with Crippen LogP contribution in [0.2, 0.25) is 0 Å². The molecule has 5 heteroatoms. The maximum absolute atomic E-state index is 11.9. The van der Waals surface area contributed by atoms with Crippen molar-refractivity contribution < 1.29 is 23.8 Å². The van der Waals surface area contributed by atoms with Gasteiger partial charge in [0.2, 0.25) is 0 Å². The largest absolute Gasteiger partial charge is 0.493 e. The molecule has 0 aliphatic rings. The summed E-state index contributed by atoms with van der Waals surface area (Å²) in [5.41, 5.74) is 1.05. The Morgan fingerprint density at radius 3 is 2.33 bits per heavy atom. The number of rotatable bonds is 7. The topological polar surface area (TPSA) is 61.8 Å². The van der Waals surface area contributed by atoms with E-state index in [9.17, 15) is 9.59 Å². The van der Waals surface area contributed by atoms with Crippen LogP contribution in [-0.2, 0) is 14.3 Å². The molecule has 0 aromatic heterocycles. The highest BCUT2D eigenvalue weighted by Gasteiger charge is 2.13. The molecule has 0 N–H and O–H groups in total. The number of hydrogen-bond acceptors (Lipinski definition) is 5. The molecule has 5 nitrogen and oxygen atoms in total. The molecule has 1 aromatic carbocycles. The molecule has 0 fully saturated rings. The number of Topliss-reactive ketones (excluding diaryl/α,β-unsaturated/α-hetero) is 1. The normalized spacial score (nSPS) is 11.0. The lowest BCUT2D eigenvalue weighted by Crippen LogP contribution is -2.10. The fourth-order valence-corrected chi connectivity index (χ4v) is 1.82. The number of hydrogen-bond donors (Lipinski definition) is 0. The zero-order valence-electron chi connectivity index (χ0n) is 12.8. The number of esters is 1. The van der Waals surface area contributed by atoms with Gasteiger partial charge in [0.15, 0.2) is 11.5 Å². The van der Waals surface area contributed by atoms with E-state index in [1.165, 1.54) is 14.0 Å². The van der Waals surface area contributed by atoms with Crippen molar-refractivity contribution in [2.24, 2.45) is 0 Å². The van der Waals surface area contributed by atoms with Gasteiger partial charge in [-0.1, -0.05) is 6.07 Å². The molecule has 21 heavy (non-hydrogen) atoms. The molecule has 0 spiro atoms. The second-order valence-corrected chi connectivity index (χ2v) is 4.38. The molecule has 0 amide bonds. The number of ether oxygens (including phenoxy) is 3. The maximum Gasteiger partial charge on any atom is 0.334 e. The van der Waals surface area contributed by atoms with Gasteiger partial charge >= 0.3 is 5.97 Å². The highest BCUT2D eigenvalue weighted by Crippen LogP contribution is 2.28. The van der Waals surface area contributed by atoms with Crippen molar-refractivity contribution in [1.82, 2.24) is 0 Å². The van der Waals surface area contributed by atoms with Gasteiger partial charge in [-0.05, 0) is 37.6 Å². The van der Waals surface area contributed by atoms with Crippen LogP contribution in [0.1, 0.15) is 25.8 Å². The standard InChI is InChI=1S/C16H20O5/c1-5-21-16(18)13(8-11(2)17)9-12-6-7-14(19-3)15(10-12)20-4/h6-7,9-10H,5,8H2,1-4H3. The average Bonchev–Trinajstić information content (AvgIpc) is 2.46. The van der Waals surface area contributed by atoms with E-state index >= 15 is 0 Å². The molecule has 0 aliphatic heterocycles. The molecule has 0 saturated carbocycles. The first kappa shape index (κ1) is 16.8. The van der Waals surface area contributed by atoms with Gasteiger partial charge in [0.05, 0.1) is 20.8 Å². The van der Waals surface area contributed by atoms with E-state index < -0.39 is 5.97 Å². The summed E-state index contributed by atoms with van der Waals surface area (Å²) in [6, 6.07) is 5.25. The molecule has 0 bridgehead atoms. The Balaban J connectivity index is 3.14. The van der Waals surface area contributed by atoms with Gasteiger partial charge < -0.3 is 14.2 Å².